The molecule has 1 aliphatic heterocycles. The SMILES string of the molecule is C[C@H](Sc1[nH+]c(N)c(C#N)cc1C#N)C(=O)Nc1ccc2c(c1)OCCO2. The zero-order chi connectivity index (χ0) is 19.4. The fourth-order valence-corrected chi connectivity index (χ4v) is 3.33. The van der Waals surface area contributed by atoms with Crippen molar-refractivity contribution in [2.24, 2.45) is 0 Å². The Morgan fingerprint density at radius 1 is 1.22 bits per heavy atom. The number of hydrogen-bond acceptors (Lipinski definition) is 7. The average molecular weight is 382 g/mol. The number of ether oxygens (including phenoxy) is 2. The highest BCUT2D eigenvalue weighted by Gasteiger charge is 2.22. The van der Waals surface area contributed by atoms with Crippen molar-refractivity contribution >= 4 is 29.2 Å². The Balaban J connectivity index is 1.72. The van der Waals surface area contributed by atoms with Crippen molar-refractivity contribution in [3.63, 3.8) is 0 Å². The second-order valence-electron chi connectivity index (χ2n) is 5.67. The van der Waals surface area contributed by atoms with Gasteiger partial charge < -0.3 is 14.8 Å². The van der Waals surface area contributed by atoms with Gasteiger partial charge in [0, 0.05) is 11.8 Å². The summed E-state index contributed by atoms with van der Waals surface area (Å²) in [6.07, 6.45) is 0. The largest absolute Gasteiger partial charge is 0.486 e. The first kappa shape index (κ1) is 18.4. The van der Waals surface area contributed by atoms with Gasteiger partial charge in [0.15, 0.2) is 16.5 Å². The van der Waals surface area contributed by atoms with E-state index in [0.29, 0.717) is 35.4 Å². The van der Waals surface area contributed by atoms with Crippen LogP contribution in [0.4, 0.5) is 11.5 Å². The van der Waals surface area contributed by atoms with Gasteiger partial charge in [-0.2, -0.15) is 10.5 Å². The van der Waals surface area contributed by atoms with Crippen molar-refractivity contribution < 1.29 is 19.3 Å². The molecule has 2 aromatic rings. The Labute approximate surface area is 159 Å². The predicted octanol–water partition coefficient (Wildman–Crippen LogP) is 1.72. The first-order valence-corrected chi connectivity index (χ1v) is 8.93. The molecule has 27 heavy (non-hydrogen) atoms. The van der Waals surface area contributed by atoms with Crippen molar-refractivity contribution in [2.45, 2.75) is 17.2 Å². The summed E-state index contributed by atoms with van der Waals surface area (Å²) in [5.74, 6) is 1.12. The topological polar surface area (TPSA) is 135 Å². The number of fused-ring (bicyclic) bond motifs is 1. The minimum Gasteiger partial charge on any atom is -0.486 e. The maximum Gasteiger partial charge on any atom is 0.289 e. The van der Waals surface area contributed by atoms with Gasteiger partial charge in [0.2, 0.25) is 5.91 Å². The summed E-state index contributed by atoms with van der Waals surface area (Å²) in [4.78, 5) is 15.3. The van der Waals surface area contributed by atoms with E-state index in [-0.39, 0.29) is 22.9 Å². The van der Waals surface area contributed by atoms with E-state index in [1.807, 2.05) is 12.1 Å². The van der Waals surface area contributed by atoms with Crippen LogP contribution in [0.3, 0.4) is 0 Å². The average Bonchev–Trinajstić information content (AvgIpc) is 2.68. The smallest absolute Gasteiger partial charge is 0.289 e. The van der Waals surface area contributed by atoms with E-state index in [9.17, 15) is 10.1 Å². The molecule has 0 saturated carbocycles. The van der Waals surface area contributed by atoms with Crippen LogP contribution in [0.5, 0.6) is 11.5 Å². The molecule has 3 rings (SSSR count). The quantitative estimate of drug-likeness (QED) is 0.768. The highest BCUT2D eigenvalue weighted by molar-refractivity contribution is 8.00. The number of nitrogen functional groups attached to an aromatic ring is 1. The molecule has 0 radical (unpaired) electrons. The Morgan fingerprint density at radius 3 is 2.63 bits per heavy atom. The molecule has 1 atom stereocenters. The lowest BCUT2D eigenvalue weighted by atomic mass is 10.2. The summed E-state index contributed by atoms with van der Waals surface area (Å²) < 4.78 is 11.0. The van der Waals surface area contributed by atoms with Crippen LogP contribution in [0.1, 0.15) is 18.1 Å². The molecule has 8 nitrogen and oxygen atoms in total. The van der Waals surface area contributed by atoms with Gasteiger partial charge in [-0.15, -0.1) is 0 Å². The Hall–Kier alpha value is -3.43. The van der Waals surface area contributed by atoms with Gasteiger partial charge in [0.05, 0.1) is 5.25 Å². The number of carbonyl (C=O) groups is 1. The molecule has 136 valence electrons. The van der Waals surface area contributed by atoms with E-state index >= 15 is 0 Å². The van der Waals surface area contributed by atoms with E-state index in [2.05, 4.69) is 10.3 Å². The molecule has 9 heteroatoms. The molecule has 1 aromatic carbocycles. The summed E-state index contributed by atoms with van der Waals surface area (Å²) in [6.45, 7) is 2.67. The molecule has 1 aromatic heterocycles. The molecular formula is C18H16N5O3S+. The summed E-state index contributed by atoms with van der Waals surface area (Å²) in [7, 11) is 0. The van der Waals surface area contributed by atoms with Crippen LogP contribution in [0.25, 0.3) is 0 Å². The number of amides is 1. The number of nitriles is 2. The highest BCUT2D eigenvalue weighted by Crippen LogP contribution is 2.33. The fraction of sp³-hybridized carbons (Fsp3) is 0.222. The molecular weight excluding hydrogens is 366 g/mol. The summed E-state index contributed by atoms with van der Waals surface area (Å²) in [5.41, 5.74) is 6.79. The van der Waals surface area contributed by atoms with Crippen molar-refractivity contribution in [2.75, 3.05) is 24.3 Å². The molecule has 0 unspecified atom stereocenters. The molecule has 1 amide bonds. The van der Waals surface area contributed by atoms with Crippen LogP contribution in [0.2, 0.25) is 0 Å². The lowest BCUT2D eigenvalue weighted by Crippen LogP contribution is -2.25. The normalized spacial score (nSPS) is 13.1. The number of carbonyl (C=O) groups excluding carboxylic acids is 1. The Morgan fingerprint density at radius 2 is 1.93 bits per heavy atom. The first-order valence-electron chi connectivity index (χ1n) is 8.05. The van der Waals surface area contributed by atoms with E-state index in [0.717, 1.165) is 11.8 Å². The maximum atomic E-state index is 12.5. The number of nitrogens with zero attached hydrogens (tertiary/aromatic N) is 2. The second kappa shape index (κ2) is 7.85. The Kier molecular flexibility index (Phi) is 5.34. The number of nitrogens with two attached hydrogens (primary N) is 1. The van der Waals surface area contributed by atoms with Crippen LogP contribution in [0, 0.1) is 22.7 Å². The molecule has 0 aliphatic carbocycles. The Bertz CT molecular complexity index is 980. The molecule has 0 bridgehead atoms. The van der Waals surface area contributed by atoms with Gasteiger partial charge in [-0.25, -0.2) is 4.98 Å². The van der Waals surface area contributed by atoms with Gasteiger partial charge in [-0.1, -0.05) is 11.8 Å². The molecule has 0 saturated heterocycles. The standard InChI is InChI=1S/C18H15N5O3S/c1-10(27-18-12(9-20)6-11(8-19)16(21)23-18)17(24)22-13-2-3-14-15(7-13)26-5-4-25-14/h2-3,6-7,10H,4-5H2,1H3,(H2,21,23)(H,22,24)/p+1/t10-/m0/s1. The van der Waals surface area contributed by atoms with Crippen LogP contribution >= 0.6 is 11.8 Å². The molecule has 0 fully saturated rings. The minimum atomic E-state index is -0.520. The summed E-state index contributed by atoms with van der Waals surface area (Å²) in [6, 6.07) is 10.5. The first-order chi connectivity index (χ1) is 13.0. The van der Waals surface area contributed by atoms with E-state index in [4.69, 9.17) is 20.5 Å². The van der Waals surface area contributed by atoms with Crippen molar-refractivity contribution in [3.8, 4) is 23.6 Å². The number of pyridine rings is 1. The molecule has 1 aliphatic rings. The van der Waals surface area contributed by atoms with Gasteiger partial charge in [-0.05, 0) is 25.1 Å². The van der Waals surface area contributed by atoms with Crippen LogP contribution in [-0.4, -0.2) is 24.4 Å². The second-order valence-corrected chi connectivity index (χ2v) is 7.02. The van der Waals surface area contributed by atoms with Gasteiger partial charge in [0.1, 0.15) is 36.5 Å². The number of hydrogen-bond donors (Lipinski definition) is 2. The van der Waals surface area contributed by atoms with Crippen LogP contribution in [0.15, 0.2) is 29.3 Å². The molecule has 2 heterocycles. The lowest BCUT2D eigenvalue weighted by molar-refractivity contribution is -0.410. The number of rotatable bonds is 4. The third kappa shape index (κ3) is 4.05. The lowest BCUT2D eigenvalue weighted by Gasteiger charge is -2.19. The van der Waals surface area contributed by atoms with Gasteiger partial charge >= 0.3 is 0 Å². The highest BCUT2D eigenvalue weighted by atomic mass is 32.2. The number of aromatic nitrogens is 1. The number of nitrogens with one attached hydrogen (secondary N) is 2. The zero-order valence-corrected chi connectivity index (χ0v) is 15.2. The fourth-order valence-electron chi connectivity index (χ4n) is 2.41. The number of thioether (sulfide) groups is 1. The van der Waals surface area contributed by atoms with Crippen molar-refractivity contribution in [1.29, 1.82) is 10.5 Å². The summed E-state index contributed by atoms with van der Waals surface area (Å²) >= 11 is 1.15. The third-order valence-electron chi connectivity index (χ3n) is 3.79. The summed E-state index contributed by atoms with van der Waals surface area (Å²) in [5, 5.41) is 21.0. The minimum absolute atomic E-state index is 0.151. The monoisotopic (exact) mass is 382 g/mol. The molecule has 0 spiro atoms. The zero-order valence-electron chi connectivity index (χ0n) is 14.4. The van der Waals surface area contributed by atoms with Crippen molar-refractivity contribution in [3.05, 3.63) is 35.4 Å². The number of aromatic amines is 1. The molecule has 4 N–H and O–H groups in total. The van der Waals surface area contributed by atoms with Gasteiger partial charge in [0.25, 0.3) is 5.82 Å². The van der Waals surface area contributed by atoms with Crippen LogP contribution in [-0.2, 0) is 4.79 Å². The maximum absolute atomic E-state index is 12.5. The van der Waals surface area contributed by atoms with Crippen molar-refractivity contribution in [1.82, 2.24) is 0 Å². The van der Waals surface area contributed by atoms with Gasteiger partial charge in [-0.3, -0.25) is 10.5 Å². The van der Waals surface area contributed by atoms with E-state index in [1.54, 1.807) is 25.1 Å². The predicted molar refractivity (Wildman–Crippen MR) is 98.2 cm³/mol. The van der Waals surface area contributed by atoms with Crippen LogP contribution < -0.4 is 25.5 Å². The number of anilines is 2. The number of benzene rings is 1. The van der Waals surface area contributed by atoms with E-state index in [1.165, 1.54) is 6.07 Å². The number of H-pyrrole nitrogens is 1. The third-order valence-corrected chi connectivity index (χ3v) is 4.91. The van der Waals surface area contributed by atoms with E-state index < -0.39 is 5.25 Å².